The number of rotatable bonds is 18. The molecule has 1 aliphatic carbocycles. The number of aliphatic hydroxyl groups excluding tert-OH is 4. The Balaban J connectivity index is 2.66. The second-order valence-corrected chi connectivity index (χ2v) is 12.2. The average Bonchev–Trinajstić information content (AvgIpc) is 3.02. The molecule has 0 radical (unpaired) electrons. The Morgan fingerprint density at radius 3 is 2.30 bits per heavy atom. The summed E-state index contributed by atoms with van der Waals surface area (Å²) in [6.07, 6.45) is 8.47. The lowest BCUT2D eigenvalue weighted by Gasteiger charge is -2.31. The summed E-state index contributed by atoms with van der Waals surface area (Å²) in [6, 6.07) is -0.626. The molecule has 262 valence electrons. The molecule has 9 atom stereocenters. The summed E-state index contributed by atoms with van der Waals surface area (Å²) in [5.41, 5.74) is 5.85. The van der Waals surface area contributed by atoms with Gasteiger partial charge in [0.2, 0.25) is 5.91 Å². The Bertz CT molecular complexity index is 1250. The smallest absolute Gasteiger partial charge is 0.405 e. The third-order valence-electron chi connectivity index (χ3n) is 7.44. The van der Waals surface area contributed by atoms with E-state index in [9.17, 15) is 44.7 Å². The fraction of sp³-hybridized carbons (Fsp3) is 0.515. The highest BCUT2D eigenvalue weighted by atomic mass is 35.5. The molecule has 0 heterocycles. The number of ether oxygens (including phenoxy) is 1. The Morgan fingerprint density at radius 2 is 1.68 bits per heavy atom. The molecule has 12 nitrogen and oxygen atoms in total. The van der Waals surface area contributed by atoms with Gasteiger partial charge in [-0.2, -0.15) is 0 Å². The van der Waals surface area contributed by atoms with Crippen LogP contribution in [0.2, 0.25) is 0 Å². The highest BCUT2D eigenvalue weighted by molar-refractivity contribution is 6.30. The summed E-state index contributed by atoms with van der Waals surface area (Å²) in [5.74, 6) is -3.74. The second-order valence-electron chi connectivity index (χ2n) is 11.2. The minimum Gasteiger partial charge on any atom is -0.481 e. The van der Waals surface area contributed by atoms with Gasteiger partial charge in [-0.05, 0) is 44.8 Å². The van der Waals surface area contributed by atoms with Crippen molar-refractivity contribution in [3.63, 3.8) is 0 Å². The summed E-state index contributed by atoms with van der Waals surface area (Å²) in [6.45, 7) is 5.14. The largest absolute Gasteiger partial charge is 0.481 e. The number of carbonyl (C=O) groups excluding carboxylic acids is 3. The molecule has 0 saturated heterocycles. The molecule has 0 aromatic carbocycles. The van der Waals surface area contributed by atoms with Crippen LogP contribution in [0, 0.1) is 11.8 Å². The van der Waals surface area contributed by atoms with Crippen LogP contribution in [0.25, 0.3) is 0 Å². The molecular weight excluding hydrogens is 655 g/mol. The van der Waals surface area contributed by atoms with Crippen molar-refractivity contribution in [2.24, 2.45) is 17.6 Å². The zero-order chi connectivity index (χ0) is 35.7. The summed E-state index contributed by atoms with van der Waals surface area (Å²) in [4.78, 5) is 47.1. The number of amides is 2. The Labute approximate surface area is 285 Å². The Morgan fingerprint density at radius 1 is 1.04 bits per heavy atom. The van der Waals surface area contributed by atoms with Crippen LogP contribution in [-0.4, -0.2) is 91.2 Å². The SMILES string of the molecule is CC/C=C/C(OC(N)=O)[C@@H](Cl)[C@H](O)CC(=O)[C@@H](O)[C@H](O)[C@H](C)/C(Cl)=C/C=C/C=C(C)/C=C/C=C/C(=O)N[C@@H]1C[C@@H](C(=O)O)CC[C@@H]1O. The van der Waals surface area contributed by atoms with Crippen LogP contribution in [0.1, 0.15) is 52.9 Å². The Hall–Kier alpha value is -3.26. The van der Waals surface area contributed by atoms with Crippen LogP contribution in [-0.2, 0) is 19.1 Å². The van der Waals surface area contributed by atoms with Crippen molar-refractivity contribution in [2.75, 3.05) is 0 Å². The van der Waals surface area contributed by atoms with Gasteiger partial charge in [0.25, 0.3) is 0 Å². The maximum Gasteiger partial charge on any atom is 0.405 e. The lowest BCUT2D eigenvalue weighted by molar-refractivity contribution is -0.144. The number of hydrogen-bond acceptors (Lipinski definition) is 9. The first-order chi connectivity index (χ1) is 22.1. The molecular formula is C33H46Cl2N2O10. The maximum absolute atomic E-state index is 12.6. The number of aliphatic carboxylic acids is 1. The zero-order valence-electron chi connectivity index (χ0n) is 26.6. The third kappa shape index (κ3) is 15.5. The van der Waals surface area contributed by atoms with E-state index < -0.39 is 83.9 Å². The third-order valence-corrected chi connectivity index (χ3v) is 8.45. The number of carboxylic acids is 1. The van der Waals surface area contributed by atoms with Crippen molar-refractivity contribution in [2.45, 2.75) is 94.8 Å². The summed E-state index contributed by atoms with van der Waals surface area (Å²) in [5, 5.41) is 52.1. The Kier molecular flexibility index (Phi) is 19.2. The van der Waals surface area contributed by atoms with Crippen LogP contribution in [0.3, 0.4) is 0 Å². The molecule has 1 saturated carbocycles. The highest BCUT2D eigenvalue weighted by Crippen LogP contribution is 2.25. The van der Waals surface area contributed by atoms with E-state index in [0.717, 1.165) is 5.57 Å². The first-order valence-electron chi connectivity index (χ1n) is 15.2. The van der Waals surface area contributed by atoms with Crippen LogP contribution in [0.5, 0.6) is 0 Å². The molecule has 0 aliphatic heterocycles. The lowest BCUT2D eigenvalue weighted by atomic mass is 9.84. The van der Waals surface area contributed by atoms with E-state index in [1.54, 1.807) is 43.4 Å². The van der Waals surface area contributed by atoms with E-state index in [-0.39, 0.29) is 11.5 Å². The van der Waals surface area contributed by atoms with E-state index in [1.807, 2.05) is 6.92 Å². The normalized spacial score (nSPS) is 23.5. The topological polar surface area (TPSA) is 217 Å². The van der Waals surface area contributed by atoms with Crippen LogP contribution in [0.4, 0.5) is 4.79 Å². The van der Waals surface area contributed by atoms with E-state index in [4.69, 9.17) is 33.7 Å². The van der Waals surface area contributed by atoms with E-state index in [1.165, 1.54) is 31.2 Å². The number of nitrogens with two attached hydrogens (primary N) is 1. The van der Waals surface area contributed by atoms with E-state index >= 15 is 0 Å². The molecule has 1 fully saturated rings. The minimum atomic E-state index is -1.88. The zero-order valence-corrected chi connectivity index (χ0v) is 28.1. The van der Waals surface area contributed by atoms with Gasteiger partial charge in [-0.25, -0.2) is 4.79 Å². The molecule has 1 aliphatic rings. The van der Waals surface area contributed by atoms with Gasteiger partial charge in [-0.3, -0.25) is 14.4 Å². The number of aliphatic hydroxyl groups is 4. The molecule has 1 rings (SSSR count). The minimum absolute atomic E-state index is 0.143. The van der Waals surface area contributed by atoms with Gasteiger partial charge in [-0.15, -0.1) is 11.6 Å². The summed E-state index contributed by atoms with van der Waals surface area (Å²) < 4.78 is 4.88. The predicted molar refractivity (Wildman–Crippen MR) is 178 cm³/mol. The molecule has 14 heteroatoms. The van der Waals surface area contributed by atoms with Gasteiger partial charge in [0.1, 0.15) is 17.6 Å². The monoisotopic (exact) mass is 700 g/mol. The average molecular weight is 702 g/mol. The number of carbonyl (C=O) groups is 4. The standard InChI is InChI=1S/C33H46Cl2N2O10/c1-4-5-13-27(47-33(36)46)29(35)25(39)18-26(40)31(43)30(42)20(3)22(34)12-8-6-10-19(2)11-7-9-14-28(41)37-23-17-21(32(44)45)15-16-24(23)38/h5-14,20-21,23-25,27,29-31,38-39,42-43H,4,15-18H2,1-3H3,(H2,36,46)(H,37,41)(H,44,45)/b8-6+,11-7+,13-5+,14-9+,19-10+,22-12-/t20-,21+,23-,24+,25-,27?,29+,30-,31-/m1/s1. The van der Waals surface area contributed by atoms with Crippen molar-refractivity contribution in [1.82, 2.24) is 5.32 Å². The van der Waals surface area contributed by atoms with Crippen LogP contribution >= 0.6 is 23.2 Å². The van der Waals surface area contributed by atoms with Gasteiger partial charge >= 0.3 is 12.1 Å². The number of halogens is 2. The maximum atomic E-state index is 12.6. The van der Waals surface area contributed by atoms with Crippen LogP contribution in [0.15, 0.2) is 71.4 Å². The van der Waals surface area contributed by atoms with Gasteiger partial charge in [0.05, 0.1) is 30.3 Å². The molecule has 0 aromatic rings. The van der Waals surface area contributed by atoms with E-state index in [2.05, 4.69) is 5.32 Å². The number of ketones is 1. The molecule has 47 heavy (non-hydrogen) atoms. The quantitative estimate of drug-likeness (QED) is 0.0479. The lowest BCUT2D eigenvalue weighted by Crippen LogP contribution is -2.47. The molecule has 2 amide bonds. The molecule has 1 unspecified atom stereocenters. The van der Waals surface area contributed by atoms with Crippen LogP contribution < -0.4 is 11.1 Å². The molecule has 0 aromatic heterocycles. The molecule has 0 spiro atoms. The summed E-state index contributed by atoms with van der Waals surface area (Å²) in [7, 11) is 0. The van der Waals surface area contributed by atoms with Gasteiger partial charge in [0, 0.05) is 23.4 Å². The summed E-state index contributed by atoms with van der Waals surface area (Å²) >= 11 is 12.5. The van der Waals surface area contributed by atoms with Crippen molar-refractivity contribution >= 4 is 47.0 Å². The van der Waals surface area contributed by atoms with E-state index in [0.29, 0.717) is 19.3 Å². The molecule has 8 N–H and O–H groups in total. The van der Waals surface area contributed by atoms with Gasteiger partial charge < -0.3 is 41.3 Å². The van der Waals surface area contributed by atoms with Crippen molar-refractivity contribution < 1.29 is 49.4 Å². The number of nitrogens with one attached hydrogen (secondary N) is 1. The molecule has 0 bridgehead atoms. The number of Topliss-reactive ketones (excluding diaryl/α,β-unsaturated/α-hetero) is 1. The van der Waals surface area contributed by atoms with Gasteiger partial charge in [0.15, 0.2) is 5.78 Å². The number of alkyl halides is 1. The first-order valence-corrected chi connectivity index (χ1v) is 16.0. The number of hydrogen-bond donors (Lipinski definition) is 7. The number of carboxylic acid groups (broad SMARTS) is 1. The first kappa shape index (κ1) is 41.8. The number of allylic oxidation sites excluding steroid dienone is 9. The number of primary amides is 1. The fourth-order valence-electron chi connectivity index (χ4n) is 4.58. The highest BCUT2D eigenvalue weighted by Gasteiger charge is 2.35. The second kappa shape index (κ2) is 21.6. The van der Waals surface area contributed by atoms with Crippen molar-refractivity contribution in [3.8, 4) is 0 Å². The van der Waals surface area contributed by atoms with Crippen molar-refractivity contribution in [1.29, 1.82) is 0 Å². The van der Waals surface area contributed by atoms with Gasteiger partial charge in [-0.1, -0.05) is 73.6 Å². The van der Waals surface area contributed by atoms with Crippen molar-refractivity contribution in [3.05, 3.63) is 71.4 Å². The predicted octanol–water partition coefficient (Wildman–Crippen LogP) is 3.17. The fourth-order valence-corrected chi connectivity index (χ4v) is 5.00.